The summed E-state index contributed by atoms with van der Waals surface area (Å²) in [5.74, 6) is -0.371. The summed E-state index contributed by atoms with van der Waals surface area (Å²) in [5.41, 5.74) is 1.40. The summed E-state index contributed by atoms with van der Waals surface area (Å²) in [6, 6.07) is 5.17. The molecule has 0 amide bonds. The van der Waals surface area contributed by atoms with Gasteiger partial charge in [0.05, 0.1) is 25.2 Å². The van der Waals surface area contributed by atoms with Crippen molar-refractivity contribution in [1.29, 1.82) is 5.26 Å². The lowest BCUT2D eigenvalue weighted by atomic mass is 10.0. The lowest BCUT2D eigenvalue weighted by molar-refractivity contribution is -0.136. The molecule has 0 aliphatic rings. The molecule has 1 aromatic carbocycles. The van der Waals surface area contributed by atoms with E-state index in [1.165, 1.54) is 7.11 Å². The van der Waals surface area contributed by atoms with Gasteiger partial charge in [-0.05, 0) is 17.7 Å². The second-order valence-corrected chi connectivity index (χ2v) is 3.41. The number of carboxylic acid groups (broad SMARTS) is 1. The first-order valence-electron chi connectivity index (χ1n) is 4.50. The Labute approximate surface area is 98.0 Å². The maximum Gasteiger partial charge on any atom is 0.308 e. The fourth-order valence-electron chi connectivity index (χ4n) is 1.40. The lowest BCUT2D eigenvalue weighted by Gasteiger charge is -2.10. The summed E-state index contributed by atoms with van der Waals surface area (Å²) in [4.78, 5) is 10.7. The Morgan fingerprint density at radius 3 is 2.75 bits per heavy atom. The third-order valence-corrected chi connectivity index (χ3v) is 2.40. The number of carboxylic acids is 1. The van der Waals surface area contributed by atoms with Gasteiger partial charge in [-0.15, -0.1) is 11.6 Å². The van der Waals surface area contributed by atoms with E-state index in [4.69, 9.17) is 26.7 Å². The van der Waals surface area contributed by atoms with E-state index in [-0.39, 0.29) is 17.9 Å². The molecule has 1 aromatic rings. The second kappa shape index (κ2) is 5.38. The number of hydrogen-bond donors (Lipinski definition) is 1. The predicted molar refractivity (Wildman–Crippen MR) is 58.6 cm³/mol. The highest BCUT2D eigenvalue weighted by Gasteiger charge is 2.14. The number of carbonyl (C=O) groups is 1. The van der Waals surface area contributed by atoms with E-state index >= 15 is 0 Å². The molecule has 0 saturated carbocycles. The topological polar surface area (TPSA) is 70.3 Å². The van der Waals surface area contributed by atoms with Gasteiger partial charge in [0.1, 0.15) is 5.75 Å². The zero-order valence-electron chi connectivity index (χ0n) is 8.66. The van der Waals surface area contributed by atoms with Crippen molar-refractivity contribution in [2.75, 3.05) is 7.11 Å². The molecule has 0 atom stereocenters. The van der Waals surface area contributed by atoms with Gasteiger partial charge < -0.3 is 9.84 Å². The molecule has 0 fully saturated rings. The van der Waals surface area contributed by atoms with Crippen molar-refractivity contribution in [1.82, 2.24) is 0 Å². The minimum absolute atomic E-state index is 0.241. The number of methoxy groups -OCH3 is 1. The van der Waals surface area contributed by atoms with Crippen LogP contribution in [0.3, 0.4) is 0 Å². The minimum Gasteiger partial charge on any atom is -0.496 e. The molecule has 0 saturated heterocycles. The van der Waals surface area contributed by atoms with Crippen molar-refractivity contribution in [3.8, 4) is 11.8 Å². The third kappa shape index (κ3) is 2.65. The fraction of sp³-hybridized carbons (Fsp3) is 0.273. The highest BCUT2D eigenvalue weighted by molar-refractivity contribution is 6.17. The molecular formula is C11H10ClNO3. The molecule has 0 spiro atoms. The normalized spacial score (nSPS) is 9.56. The maximum atomic E-state index is 10.7. The molecule has 1 rings (SSSR count). The van der Waals surface area contributed by atoms with E-state index in [1.807, 2.05) is 6.07 Å². The number of hydrogen-bond acceptors (Lipinski definition) is 3. The Morgan fingerprint density at radius 2 is 2.31 bits per heavy atom. The van der Waals surface area contributed by atoms with Crippen molar-refractivity contribution in [3.05, 3.63) is 28.8 Å². The van der Waals surface area contributed by atoms with Gasteiger partial charge in [-0.3, -0.25) is 4.79 Å². The SMILES string of the molecule is COc1cc(CCl)cc(C#N)c1CC(=O)O. The van der Waals surface area contributed by atoms with Crippen LogP contribution in [0, 0.1) is 11.3 Å². The number of nitriles is 1. The van der Waals surface area contributed by atoms with Gasteiger partial charge >= 0.3 is 5.97 Å². The van der Waals surface area contributed by atoms with Gasteiger partial charge in [-0.2, -0.15) is 5.26 Å². The lowest BCUT2D eigenvalue weighted by Crippen LogP contribution is -2.05. The van der Waals surface area contributed by atoms with Crippen molar-refractivity contribution in [2.24, 2.45) is 0 Å². The number of rotatable bonds is 4. The Balaban J connectivity index is 3.32. The van der Waals surface area contributed by atoms with Gasteiger partial charge in [0.25, 0.3) is 0 Å². The van der Waals surface area contributed by atoms with Crippen LogP contribution in [0.4, 0.5) is 0 Å². The Bertz CT molecular complexity index is 451. The summed E-state index contributed by atoms with van der Waals surface area (Å²) in [6.45, 7) is 0. The van der Waals surface area contributed by atoms with Crippen LogP contribution < -0.4 is 4.74 Å². The van der Waals surface area contributed by atoms with E-state index in [1.54, 1.807) is 12.1 Å². The predicted octanol–water partition coefficient (Wildman–Crippen LogP) is 1.93. The summed E-state index contributed by atoms with van der Waals surface area (Å²) in [7, 11) is 1.43. The van der Waals surface area contributed by atoms with Crippen LogP contribution in [0.25, 0.3) is 0 Å². The van der Waals surface area contributed by atoms with Gasteiger partial charge in [0.2, 0.25) is 0 Å². The molecule has 0 aliphatic heterocycles. The monoisotopic (exact) mass is 239 g/mol. The molecule has 0 bridgehead atoms. The van der Waals surface area contributed by atoms with E-state index in [2.05, 4.69) is 0 Å². The van der Waals surface area contributed by atoms with Crippen LogP contribution in [-0.4, -0.2) is 18.2 Å². The Hall–Kier alpha value is -1.73. The van der Waals surface area contributed by atoms with Crippen LogP contribution in [0.15, 0.2) is 12.1 Å². The van der Waals surface area contributed by atoms with Crippen LogP contribution in [0.1, 0.15) is 16.7 Å². The summed E-state index contributed by atoms with van der Waals surface area (Å²) in [6.07, 6.45) is -0.241. The number of nitrogens with zero attached hydrogens (tertiary/aromatic N) is 1. The molecular weight excluding hydrogens is 230 g/mol. The number of ether oxygens (including phenoxy) is 1. The van der Waals surface area contributed by atoms with Gasteiger partial charge in [-0.1, -0.05) is 0 Å². The second-order valence-electron chi connectivity index (χ2n) is 3.14. The van der Waals surface area contributed by atoms with E-state index < -0.39 is 5.97 Å². The zero-order valence-corrected chi connectivity index (χ0v) is 9.41. The van der Waals surface area contributed by atoms with Crippen LogP contribution >= 0.6 is 11.6 Å². The molecule has 0 heterocycles. The van der Waals surface area contributed by atoms with Gasteiger partial charge in [0.15, 0.2) is 0 Å². The van der Waals surface area contributed by atoms with E-state index in [9.17, 15) is 4.79 Å². The molecule has 84 valence electrons. The van der Waals surface area contributed by atoms with Crippen LogP contribution in [-0.2, 0) is 17.1 Å². The maximum absolute atomic E-state index is 10.7. The molecule has 4 nitrogen and oxygen atoms in total. The quantitative estimate of drug-likeness (QED) is 0.815. The third-order valence-electron chi connectivity index (χ3n) is 2.09. The highest BCUT2D eigenvalue weighted by Crippen LogP contribution is 2.25. The van der Waals surface area contributed by atoms with Crippen LogP contribution in [0.5, 0.6) is 5.75 Å². The average molecular weight is 240 g/mol. The summed E-state index contributed by atoms with van der Waals surface area (Å²) >= 11 is 5.66. The summed E-state index contributed by atoms with van der Waals surface area (Å²) in [5, 5.41) is 17.7. The first-order valence-corrected chi connectivity index (χ1v) is 5.03. The van der Waals surface area contributed by atoms with Crippen LogP contribution in [0.2, 0.25) is 0 Å². The summed E-state index contributed by atoms with van der Waals surface area (Å²) < 4.78 is 5.06. The number of halogens is 1. The van der Waals surface area contributed by atoms with Crippen molar-refractivity contribution in [2.45, 2.75) is 12.3 Å². The molecule has 0 aliphatic carbocycles. The van der Waals surface area contributed by atoms with Gasteiger partial charge in [-0.25, -0.2) is 0 Å². The molecule has 5 heteroatoms. The van der Waals surface area contributed by atoms with Crippen molar-refractivity contribution in [3.63, 3.8) is 0 Å². The minimum atomic E-state index is -1.01. The van der Waals surface area contributed by atoms with Gasteiger partial charge in [0, 0.05) is 11.4 Å². The van der Waals surface area contributed by atoms with Crippen molar-refractivity contribution < 1.29 is 14.6 Å². The Kier molecular flexibility index (Phi) is 4.15. The van der Waals surface area contributed by atoms with Crippen molar-refractivity contribution >= 4 is 17.6 Å². The molecule has 0 unspecified atom stereocenters. The van der Waals surface area contributed by atoms with E-state index in [0.717, 1.165) is 5.56 Å². The zero-order chi connectivity index (χ0) is 12.1. The largest absolute Gasteiger partial charge is 0.496 e. The number of alkyl halides is 1. The fourth-order valence-corrected chi connectivity index (χ4v) is 1.55. The Morgan fingerprint density at radius 1 is 1.62 bits per heavy atom. The average Bonchev–Trinajstić information content (AvgIpc) is 2.28. The standard InChI is InChI=1S/C11H10ClNO3/c1-16-10-3-7(5-12)2-8(6-13)9(10)4-11(14)15/h2-3H,4-5H2,1H3,(H,14,15). The number of benzene rings is 1. The molecule has 16 heavy (non-hydrogen) atoms. The first kappa shape index (κ1) is 12.3. The van der Waals surface area contributed by atoms with E-state index in [0.29, 0.717) is 11.3 Å². The molecule has 0 radical (unpaired) electrons. The first-order chi connectivity index (χ1) is 7.62. The highest BCUT2D eigenvalue weighted by atomic mass is 35.5. The molecule has 0 aromatic heterocycles. The molecule has 1 N–H and O–H groups in total. The smallest absolute Gasteiger partial charge is 0.308 e. The number of aliphatic carboxylic acids is 1.